The Morgan fingerprint density at radius 1 is 1.41 bits per heavy atom. The summed E-state index contributed by atoms with van der Waals surface area (Å²) < 4.78 is 39.1. The molecule has 2 N–H and O–H groups in total. The highest BCUT2D eigenvalue weighted by molar-refractivity contribution is 5.83. The first-order valence-corrected chi connectivity index (χ1v) is 7.37. The van der Waals surface area contributed by atoms with E-state index < -0.39 is 17.3 Å². The Hall–Kier alpha value is -1.76. The molecule has 4 nitrogen and oxygen atoms in total. The van der Waals surface area contributed by atoms with Crippen LogP contribution < -0.4 is 5.56 Å². The van der Waals surface area contributed by atoms with Crippen molar-refractivity contribution >= 4 is 10.9 Å². The van der Waals surface area contributed by atoms with Gasteiger partial charge in [0.1, 0.15) is 5.52 Å². The molecular formula is C15H18F3N3O. The van der Waals surface area contributed by atoms with E-state index in [9.17, 15) is 18.0 Å². The van der Waals surface area contributed by atoms with Gasteiger partial charge in [-0.25, -0.2) is 0 Å². The summed E-state index contributed by atoms with van der Waals surface area (Å²) in [6.07, 6.45) is -1.47. The predicted molar refractivity (Wildman–Crippen MR) is 77.6 cm³/mol. The van der Waals surface area contributed by atoms with Gasteiger partial charge in [0, 0.05) is 30.4 Å². The number of nitrogens with zero attached hydrogens (tertiary/aromatic N) is 1. The Kier molecular flexibility index (Phi) is 3.76. The largest absolute Gasteiger partial charge is 0.418 e. The van der Waals surface area contributed by atoms with Crippen molar-refractivity contribution in [2.75, 3.05) is 13.1 Å². The lowest BCUT2D eigenvalue weighted by Gasteiger charge is -2.30. The Labute approximate surface area is 125 Å². The summed E-state index contributed by atoms with van der Waals surface area (Å²) >= 11 is 0. The number of alkyl halides is 3. The second kappa shape index (κ2) is 5.46. The zero-order valence-corrected chi connectivity index (χ0v) is 12.3. The number of aromatic amines is 2. The number of rotatable bonds is 2. The molecule has 120 valence electrons. The Morgan fingerprint density at radius 3 is 2.86 bits per heavy atom. The Bertz CT molecular complexity index is 732. The molecule has 0 aromatic carbocycles. The molecule has 2 aromatic rings. The van der Waals surface area contributed by atoms with Gasteiger partial charge >= 0.3 is 6.18 Å². The van der Waals surface area contributed by atoms with E-state index in [2.05, 4.69) is 21.8 Å². The van der Waals surface area contributed by atoms with Gasteiger partial charge in [0.25, 0.3) is 5.56 Å². The third-order valence-corrected chi connectivity index (χ3v) is 4.18. The van der Waals surface area contributed by atoms with Crippen molar-refractivity contribution in [2.24, 2.45) is 5.92 Å². The summed E-state index contributed by atoms with van der Waals surface area (Å²) in [5.41, 5.74) is -0.695. The minimum Gasteiger partial charge on any atom is -0.353 e. The first kappa shape index (κ1) is 15.1. The van der Waals surface area contributed by atoms with Crippen LogP contribution in [0.1, 0.15) is 31.0 Å². The molecule has 1 fully saturated rings. The van der Waals surface area contributed by atoms with Gasteiger partial charge in [-0.2, -0.15) is 13.2 Å². The van der Waals surface area contributed by atoms with Crippen LogP contribution in [0.5, 0.6) is 0 Å². The predicted octanol–water partition coefficient (Wildman–Crippen LogP) is 3.11. The van der Waals surface area contributed by atoms with Gasteiger partial charge in [-0.15, -0.1) is 0 Å². The van der Waals surface area contributed by atoms with Gasteiger partial charge in [-0.05, 0) is 31.4 Å². The maximum atomic E-state index is 13.0. The molecule has 22 heavy (non-hydrogen) atoms. The van der Waals surface area contributed by atoms with Gasteiger partial charge in [0.2, 0.25) is 0 Å². The number of halogens is 3. The van der Waals surface area contributed by atoms with Crippen molar-refractivity contribution in [3.05, 3.63) is 33.9 Å². The highest BCUT2D eigenvalue weighted by Crippen LogP contribution is 2.33. The van der Waals surface area contributed by atoms with Crippen LogP contribution in [-0.4, -0.2) is 28.0 Å². The molecule has 1 aliphatic heterocycles. The first-order valence-electron chi connectivity index (χ1n) is 7.37. The van der Waals surface area contributed by atoms with Crippen LogP contribution in [-0.2, 0) is 12.7 Å². The lowest BCUT2D eigenvalue weighted by atomic mass is 10.0. The van der Waals surface area contributed by atoms with Crippen LogP contribution in [0.4, 0.5) is 13.2 Å². The fourth-order valence-electron chi connectivity index (χ4n) is 3.18. The molecule has 3 rings (SSSR count). The smallest absolute Gasteiger partial charge is 0.353 e. The highest BCUT2D eigenvalue weighted by atomic mass is 19.4. The topological polar surface area (TPSA) is 51.9 Å². The molecule has 2 aromatic heterocycles. The minimum absolute atomic E-state index is 0.00474. The van der Waals surface area contributed by atoms with Gasteiger partial charge in [0.05, 0.1) is 5.56 Å². The summed E-state index contributed by atoms with van der Waals surface area (Å²) in [5, 5.41) is -0.0590. The molecule has 0 bridgehead atoms. The SMILES string of the molecule is C[C@H]1CCCN(Cc2cc3c(C(F)(F)F)c[nH]c(=O)c3[nH]2)C1. The molecule has 0 amide bonds. The molecule has 3 heterocycles. The molecule has 0 saturated carbocycles. The van der Waals surface area contributed by atoms with Crippen LogP contribution in [0.15, 0.2) is 17.1 Å². The van der Waals surface area contributed by atoms with Gasteiger partial charge in [-0.3, -0.25) is 9.69 Å². The van der Waals surface area contributed by atoms with Crippen LogP contribution in [0.25, 0.3) is 10.9 Å². The van der Waals surface area contributed by atoms with E-state index >= 15 is 0 Å². The van der Waals surface area contributed by atoms with Crippen molar-refractivity contribution < 1.29 is 13.2 Å². The number of hydrogen-bond acceptors (Lipinski definition) is 2. The molecule has 0 unspecified atom stereocenters. The summed E-state index contributed by atoms with van der Waals surface area (Å²) in [4.78, 5) is 19.0. The first-order chi connectivity index (χ1) is 10.3. The highest BCUT2D eigenvalue weighted by Gasteiger charge is 2.34. The van der Waals surface area contributed by atoms with Crippen molar-refractivity contribution in [3.8, 4) is 0 Å². The van der Waals surface area contributed by atoms with E-state index in [1.165, 1.54) is 12.5 Å². The second-order valence-corrected chi connectivity index (χ2v) is 6.10. The molecule has 7 heteroatoms. The molecule has 0 spiro atoms. The summed E-state index contributed by atoms with van der Waals surface area (Å²) in [5.74, 6) is 0.590. The number of nitrogens with one attached hydrogen (secondary N) is 2. The maximum Gasteiger partial charge on any atom is 0.418 e. The lowest BCUT2D eigenvalue weighted by Crippen LogP contribution is -2.33. The Morgan fingerprint density at radius 2 is 2.18 bits per heavy atom. The standard InChI is InChI=1S/C15H18F3N3O/c1-9-3-2-4-21(7-9)8-10-5-11-12(15(16,17)18)6-19-14(22)13(11)20-10/h5-6,9,20H,2-4,7-8H2,1H3,(H,19,22)/t9-/m0/s1. The number of piperidine rings is 1. The quantitative estimate of drug-likeness (QED) is 0.895. The number of hydrogen-bond donors (Lipinski definition) is 2. The van der Waals surface area contributed by atoms with Crippen molar-refractivity contribution in [3.63, 3.8) is 0 Å². The molecule has 1 saturated heterocycles. The Balaban J connectivity index is 1.95. The van der Waals surface area contributed by atoms with E-state index in [0.29, 0.717) is 18.2 Å². The number of H-pyrrole nitrogens is 2. The molecule has 1 aliphatic rings. The van der Waals surface area contributed by atoms with Gasteiger partial charge in [0.15, 0.2) is 0 Å². The molecular weight excluding hydrogens is 295 g/mol. The number of aromatic nitrogens is 2. The van der Waals surface area contributed by atoms with E-state index in [0.717, 1.165) is 25.7 Å². The summed E-state index contributed by atoms with van der Waals surface area (Å²) in [7, 11) is 0. The van der Waals surface area contributed by atoms with Crippen molar-refractivity contribution in [2.45, 2.75) is 32.5 Å². The van der Waals surface area contributed by atoms with Crippen LogP contribution >= 0.6 is 0 Å². The minimum atomic E-state index is -4.48. The fraction of sp³-hybridized carbons (Fsp3) is 0.533. The van der Waals surface area contributed by atoms with Gasteiger partial charge in [-0.1, -0.05) is 6.92 Å². The molecule has 1 atom stereocenters. The van der Waals surface area contributed by atoms with E-state index in [-0.39, 0.29) is 10.9 Å². The average molecular weight is 313 g/mol. The second-order valence-electron chi connectivity index (χ2n) is 6.10. The third kappa shape index (κ3) is 2.90. The summed E-state index contributed by atoms with van der Waals surface area (Å²) in [6, 6.07) is 1.45. The average Bonchev–Trinajstić information content (AvgIpc) is 2.81. The van der Waals surface area contributed by atoms with E-state index in [1.54, 1.807) is 0 Å². The van der Waals surface area contributed by atoms with Crippen LogP contribution in [0.2, 0.25) is 0 Å². The van der Waals surface area contributed by atoms with Gasteiger partial charge < -0.3 is 9.97 Å². The maximum absolute atomic E-state index is 13.0. The number of pyridine rings is 1. The molecule has 0 aliphatic carbocycles. The number of likely N-dealkylation sites (tertiary alicyclic amines) is 1. The third-order valence-electron chi connectivity index (χ3n) is 4.18. The monoisotopic (exact) mass is 313 g/mol. The number of fused-ring (bicyclic) bond motifs is 1. The van der Waals surface area contributed by atoms with E-state index in [4.69, 9.17) is 0 Å². The fourth-order valence-corrected chi connectivity index (χ4v) is 3.18. The zero-order valence-electron chi connectivity index (χ0n) is 12.3. The van der Waals surface area contributed by atoms with Crippen molar-refractivity contribution in [1.82, 2.24) is 14.9 Å². The molecule has 0 radical (unpaired) electrons. The van der Waals surface area contributed by atoms with Crippen LogP contribution in [0, 0.1) is 5.92 Å². The summed E-state index contributed by atoms with van der Waals surface area (Å²) in [6.45, 7) is 4.57. The van der Waals surface area contributed by atoms with E-state index in [1.807, 2.05) is 0 Å². The van der Waals surface area contributed by atoms with Crippen molar-refractivity contribution in [1.29, 1.82) is 0 Å². The zero-order chi connectivity index (χ0) is 15.9. The lowest BCUT2D eigenvalue weighted by molar-refractivity contribution is -0.136. The normalized spacial score (nSPS) is 20.6. The van der Waals surface area contributed by atoms with Crippen LogP contribution in [0.3, 0.4) is 0 Å².